The first-order valence-electron chi connectivity index (χ1n) is 5.68. The van der Waals surface area contributed by atoms with Crippen molar-refractivity contribution in [1.29, 1.82) is 0 Å². The number of nitrogens with zero attached hydrogens (tertiary/aromatic N) is 1. The van der Waals surface area contributed by atoms with E-state index >= 15 is 0 Å². The Kier molecular flexibility index (Phi) is 3.64. The fourth-order valence-corrected chi connectivity index (χ4v) is 2.61. The second-order valence-corrected chi connectivity index (χ2v) is 5.56. The van der Waals surface area contributed by atoms with Crippen LogP contribution in [0.25, 0.3) is 0 Å². The molecule has 2 nitrogen and oxygen atoms in total. The molecule has 1 atom stereocenters. The monoisotopic (exact) mass is 271 g/mol. The standard InChI is InChI=1S/C13H15Cl2NO/c1-8-3-4-10-5-6-16(13(17)12(14)15)9(2)11(10)7-8/h3-4,7,9,12H,5-6H2,1-2H3. The molecule has 0 bridgehead atoms. The van der Waals surface area contributed by atoms with Crippen molar-refractivity contribution in [1.82, 2.24) is 4.90 Å². The third-order valence-electron chi connectivity index (χ3n) is 3.31. The smallest absolute Gasteiger partial charge is 0.256 e. The minimum atomic E-state index is -0.969. The van der Waals surface area contributed by atoms with Crippen molar-refractivity contribution in [3.05, 3.63) is 34.9 Å². The van der Waals surface area contributed by atoms with Crippen LogP contribution in [0.15, 0.2) is 18.2 Å². The molecule has 0 radical (unpaired) electrons. The molecule has 92 valence electrons. The average molecular weight is 272 g/mol. The van der Waals surface area contributed by atoms with Gasteiger partial charge in [-0.3, -0.25) is 4.79 Å². The number of rotatable bonds is 1. The number of carbonyl (C=O) groups excluding carboxylic acids is 1. The van der Waals surface area contributed by atoms with Crippen LogP contribution in [0.5, 0.6) is 0 Å². The number of amides is 1. The predicted molar refractivity (Wildman–Crippen MR) is 70.5 cm³/mol. The molecule has 1 aliphatic rings. The SMILES string of the molecule is Cc1ccc2c(c1)C(C)N(C(=O)C(Cl)Cl)CC2. The Labute approximate surface area is 112 Å². The number of aryl methyl sites for hydroxylation is 1. The molecule has 1 unspecified atom stereocenters. The molecule has 1 aromatic rings. The van der Waals surface area contributed by atoms with Gasteiger partial charge in [0.15, 0.2) is 4.84 Å². The van der Waals surface area contributed by atoms with Crippen LogP contribution in [-0.4, -0.2) is 22.2 Å². The molecular weight excluding hydrogens is 257 g/mol. The van der Waals surface area contributed by atoms with Crippen molar-refractivity contribution >= 4 is 29.1 Å². The molecule has 0 saturated carbocycles. The maximum atomic E-state index is 11.9. The summed E-state index contributed by atoms with van der Waals surface area (Å²) >= 11 is 11.3. The summed E-state index contributed by atoms with van der Waals surface area (Å²) in [5.74, 6) is -0.201. The minimum absolute atomic E-state index is 0.0474. The summed E-state index contributed by atoms with van der Waals surface area (Å²) in [6.45, 7) is 4.76. The number of alkyl halides is 2. The van der Waals surface area contributed by atoms with Crippen LogP contribution in [0, 0.1) is 6.92 Å². The van der Waals surface area contributed by atoms with Gasteiger partial charge in [0.2, 0.25) is 0 Å². The fourth-order valence-electron chi connectivity index (χ4n) is 2.36. The van der Waals surface area contributed by atoms with Gasteiger partial charge in [0.1, 0.15) is 0 Å². The van der Waals surface area contributed by atoms with Crippen molar-refractivity contribution in [2.24, 2.45) is 0 Å². The number of benzene rings is 1. The van der Waals surface area contributed by atoms with Crippen LogP contribution in [0.2, 0.25) is 0 Å². The fraction of sp³-hybridized carbons (Fsp3) is 0.462. The Morgan fingerprint density at radius 2 is 2.18 bits per heavy atom. The molecule has 1 aromatic carbocycles. The maximum absolute atomic E-state index is 11.9. The molecule has 0 spiro atoms. The Balaban J connectivity index is 2.32. The summed E-state index contributed by atoms with van der Waals surface area (Å²) in [7, 11) is 0. The van der Waals surface area contributed by atoms with Gasteiger partial charge in [-0.05, 0) is 31.4 Å². The number of hydrogen-bond donors (Lipinski definition) is 0. The molecule has 0 aliphatic carbocycles. The van der Waals surface area contributed by atoms with Gasteiger partial charge in [-0.2, -0.15) is 0 Å². The third-order valence-corrected chi connectivity index (χ3v) is 3.68. The highest BCUT2D eigenvalue weighted by molar-refractivity contribution is 6.53. The Morgan fingerprint density at radius 3 is 2.82 bits per heavy atom. The lowest BCUT2D eigenvalue weighted by Gasteiger charge is -2.35. The topological polar surface area (TPSA) is 20.3 Å². The van der Waals surface area contributed by atoms with Gasteiger partial charge in [0, 0.05) is 6.54 Å². The highest BCUT2D eigenvalue weighted by Gasteiger charge is 2.30. The molecule has 4 heteroatoms. The van der Waals surface area contributed by atoms with Crippen LogP contribution in [0.3, 0.4) is 0 Å². The highest BCUT2D eigenvalue weighted by atomic mass is 35.5. The summed E-state index contributed by atoms with van der Waals surface area (Å²) in [6.07, 6.45) is 0.867. The lowest BCUT2D eigenvalue weighted by atomic mass is 9.92. The number of carbonyl (C=O) groups is 1. The van der Waals surface area contributed by atoms with Crippen LogP contribution in [0.4, 0.5) is 0 Å². The number of hydrogen-bond acceptors (Lipinski definition) is 1. The Bertz CT molecular complexity index is 445. The zero-order valence-corrected chi connectivity index (χ0v) is 11.4. The van der Waals surface area contributed by atoms with E-state index in [9.17, 15) is 4.79 Å². The maximum Gasteiger partial charge on any atom is 0.256 e. The average Bonchev–Trinajstić information content (AvgIpc) is 2.29. The van der Waals surface area contributed by atoms with E-state index in [0.29, 0.717) is 6.54 Å². The molecule has 1 amide bonds. The largest absolute Gasteiger partial charge is 0.333 e. The van der Waals surface area contributed by atoms with E-state index in [1.165, 1.54) is 16.7 Å². The van der Waals surface area contributed by atoms with Crippen LogP contribution >= 0.6 is 23.2 Å². The lowest BCUT2D eigenvalue weighted by molar-refractivity contribution is -0.131. The van der Waals surface area contributed by atoms with Gasteiger partial charge in [0.25, 0.3) is 5.91 Å². The van der Waals surface area contributed by atoms with E-state index in [4.69, 9.17) is 23.2 Å². The summed E-state index contributed by atoms with van der Waals surface area (Å²) in [5, 5.41) is 0. The molecule has 0 N–H and O–H groups in total. The predicted octanol–water partition coefficient (Wildman–Crippen LogP) is 3.24. The molecule has 17 heavy (non-hydrogen) atoms. The Hall–Kier alpha value is -0.730. The van der Waals surface area contributed by atoms with E-state index < -0.39 is 4.84 Å². The molecule has 0 saturated heterocycles. The van der Waals surface area contributed by atoms with E-state index in [1.807, 2.05) is 6.92 Å². The second kappa shape index (κ2) is 4.87. The van der Waals surface area contributed by atoms with Gasteiger partial charge in [-0.25, -0.2) is 0 Å². The third kappa shape index (κ3) is 2.43. The lowest BCUT2D eigenvalue weighted by Crippen LogP contribution is -2.41. The molecule has 0 fully saturated rings. The van der Waals surface area contributed by atoms with Crippen molar-refractivity contribution in [3.8, 4) is 0 Å². The summed E-state index contributed by atoms with van der Waals surface area (Å²) in [4.78, 5) is 12.7. The van der Waals surface area contributed by atoms with Gasteiger partial charge in [-0.15, -0.1) is 0 Å². The number of halogens is 2. The molecule has 0 aromatic heterocycles. The number of fused-ring (bicyclic) bond motifs is 1. The first-order valence-corrected chi connectivity index (χ1v) is 6.56. The van der Waals surface area contributed by atoms with Crippen LogP contribution < -0.4 is 0 Å². The van der Waals surface area contributed by atoms with Crippen molar-refractivity contribution in [2.45, 2.75) is 31.1 Å². The van der Waals surface area contributed by atoms with E-state index in [2.05, 4.69) is 25.1 Å². The normalized spacial score (nSPS) is 19.4. The zero-order chi connectivity index (χ0) is 12.6. The van der Waals surface area contributed by atoms with Crippen molar-refractivity contribution in [3.63, 3.8) is 0 Å². The quantitative estimate of drug-likeness (QED) is 0.719. The van der Waals surface area contributed by atoms with Gasteiger partial charge >= 0.3 is 0 Å². The van der Waals surface area contributed by atoms with Crippen LogP contribution in [0.1, 0.15) is 29.7 Å². The van der Waals surface area contributed by atoms with E-state index in [1.54, 1.807) is 4.90 Å². The van der Waals surface area contributed by atoms with Gasteiger partial charge < -0.3 is 4.90 Å². The molecule has 2 rings (SSSR count). The zero-order valence-electron chi connectivity index (χ0n) is 9.91. The van der Waals surface area contributed by atoms with Gasteiger partial charge in [0.05, 0.1) is 6.04 Å². The molecular formula is C13H15Cl2NO. The van der Waals surface area contributed by atoms with E-state index in [0.717, 1.165) is 6.42 Å². The summed E-state index contributed by atoms with van der Waals surface area (Å²) in [5.41, 5.74) is 3.73. The van der Waals surface area contributed by atoms with E-state index in [-0.39, 0.29) is 11.9 Å². The first kappa shape index (κ1) is 12.7. The second-order valence-electron chi connectivity index (χ2n) is 4.46. The summed E-state index contributed by atoms with van der Waals surface area (Å²) < 4.78 is 0. The van der Waals surface area contributed by atoms with Gasteiger partial charge in [-0.1, -0.05) is 47.0 Å². The highest BCUT2D eigenvalue weighted by Crippen LogP contribution is 2.31. The van der Waals surface area contributed by atoms with Crippen LogP contribution in [-0.2, 0) is 11.2 Å². The molecule has 1 heterocycles. The minimum Gasteiger partial charge on any atom is -0.333 e. The summed E-state index contributed by atoms with van der Waals surface area (Å²) in [6, 6.07) is 6.43. The Morgan fingerprint density at radius 1 is 1.47 bits per heavy atom. The molecule has 1 aliphatic heterocycles. The van der Waals surface area contributed by atoms with Crippen molar-refractivity contribution < 1.29 is 4.79 Å². The first-order chi connectivity index (χ1) is 8.00. The van der Waals surface area contributed by atoms with Crippen molar-refractivity contribution in [2.75, 3.05) is 6.54 Å².